The fraction of sp³-hybridized carbons (Fsp3) is 0.571. The minimum atomic E-state index is -0.886. The molecule has 0 aliphatic carbocycles. The van der Waals surface area contributed by atoms with Gasteiger partial charge < -0.3 is 14.2 Å². The van der Waals surface area contributed by atoms with Crippen molar-refractivity contribution in [3.63, 3.8) is 0 Å². The van der Waals surface area contributed by atoms with Crippen molar-refractivity contribution in [1.29, 1.82) is 0 Å². The third kappa shape index (κ3) is 9.88. The Kier molecular flexibility index (Phi) is 6.90. The highest BCUT2D eigenvalue weighted by atomic mass is 16.7. The molecule has 0 saturated carbocycles. The molecule has 0 aromatic rings. The van der Waals surface area contributed by atoms with Crippen molar-refractivity contribution in [1.82, 2.24) is 0 Å². The summed E-state index contributed by atoms with van der Waals surface area (Å²) in [5, 5.41) is 0. The van der Waals surface area contributed by atoms with Crippen molar-refractivity contribution in [3.05, 3.63) is 25.0 Å². The Labute approximate surface area is 114 Å². The normalized spacial score (nSPS) is 12.2. The molecule has 0 bridgehead atoms. The van der Waals surface area contributed by atoms with E-state index >= 15 is 0 Å². The van der Waals surface area contributed by atoms with Gasteiger partial charge in [-0.25, -0.2) is 4.79 Å². The number of hydrogen-bond acceptors (Lipinski definition) is 5. The minimum absolute atomic E-state index is 0.0470. The molecule has 0 aromatic carbocycles. The van der Waals surface area contributed by atoms with Crippen LogP contribution in [-0.2, 0) is 19.0 Å². The second kappa shape index (κ2) is 7.61. The van der Waals surface area contributed by atoms with Crippen LogP contribution in [0.3, 0.4) is 0 Å². The summed E-state index contributed by atoms with van der Waals surface area (Å²) in [5.74, 6) is -0.220. The van der Waals surface area contributed by atoms with E-state index in [0.29, 0.717) is 6.42 Å². The van der Waals surface area contributed by atoms with Gasteiger partial charge in [0.15, 0.2) is 0 Å². The lowest BCUT2D eigenvalue weighted by Crippen LogP contribution is -2.28. The maximum absolute atomic E-state index is 11.6. The molecule has 5 nitrogen and oxygen atoms in total. The molecule has 108 valence electrons. The van der Waals surface area contributed by atoms with Crippen LogP contribution in [0.5, 0.6) is 0 Å². The molecule has 0 saturated heterocycles. The van der Waals surface area contributed by atoms with Gasteiger partial charge in [-0.3, -0.25) is 4.79 Å². The van der Waals surface area contributed by atoms with Gasteiger partial charge in [0.2, 0.25) is 0 Å². The SMILES string of the molecule is C=CC[C@H](CC(=O)OC(C)(C)C)OC(=O)OC(=C)C. The Balaban J connectivity index is 4.40. The predicted molar refractivity (Wildman–Crippen MR) is 71.4 cm³/mol. The average Bonchev–Trinajstić information content (AvgIpc) is 2.12. The summed E-state index contributed by atoms with van der Waals surface area (Å²) in [6, 6.07) is 0. The number of hydrogen-bond donors (Lipinski definition) is 0. The highest BCUT2D eigenvalue weighted by Crippen LogP contribution is 2.13. The molecule has 0 aromatic heterocycles. The van der Waals surface area contributed by atoms with Gasteiger partial charge >= 0.3 is 12.1 Å². The van der Waals surface area contributed by atoms with Crippen LogP contribution in [0.15, 0.2) is 25.0 Å². The highest BCUT2D eigenvalue weighted by Gasteiger charge is 2.23. The van der Waals surface area contributed by atoms with Gasteiger partial charge in [0.05, 0.1) is 6.42 Å². The van der Waals surface area contributed by atoms with E-state index in [0.717, 1.165) is 0 Å². The first-order chi connectivity index (χ1) is 8.64. The Bertz CT molecular complexity index is 351. The molecule has 0 amide bonds. The van der Waals surface area contributed by atoms with Crippen LogP contribution < -0.4 is 0 Å². The topological polar surface area (TPSA) is 61.8 Å². The Morgan fingerprint density at radius 2 is 1.89 bits per heavy atom. The molecule has 0 spiro atoms. The van der Waals surface area contributed by atoms with Gasteiger partial charge in [-0.05, 0) is 27.7 Å². The van der Waals surface area contributed by atoms with E-state index in [-0.39, 0.29) is 12.2 Å². The van der Waals surface area contributed by atoms with Gasteiger partial charge in [0, 0.05) is 6.42 Å². The molecular weight excluding hydrogens is 248 g/mol. The Hall–Kier alpha value is -1.78. The van der Waals surface area contributed by atoms with Gasteiger partial charge in [-0.15, -0.1) is 6.58 Å². The van der Waals surface area contributed by atoms with E-state index in [4.69, 9.17) is 9.47 Å². The number of carbonyl (C=O) groups is 2. The molecule has 0 fully saturated rings. The molecule has 0 heterocycles. The lowest BCUT2D eigenvalue weighted by molar-refractivity contribution is -0.157. The smallest absolute Gasteiger partial charge is 0.460 e. The largest absolute Gasteiger partial charge is 0.513 e. The molecular formula is C14H22O5. The zero-order valence-electron chi connectivity index (χ0n) is 12.0. The molecule has 0 aliphatic heterocycles. The molecule has 0 radical (unpaired) electrons. The molecule has 19 heavy (non-hydrogen) atoms. The summed E-state index contributed by atoms with van der Waals surface area (Å²) in [6.07, 6.45) is 0.310. The average molecular weight is 270 g/mol. The van der Waals surface area contributed by atoms with Crippen LogP contribution in [0.25, 0.3) is 0 Å². The number of carbonyl (C=O) groups excluding carboxylic acids is 2. The van der Waals surface area contributed by atoms with Crippen molar-refractivity contribution in [2.75, 3.05) is 0 Å². The quantitative estimate of drug-likeness (QED) is 0.421. The molecule has 1 atom stereocenters. The summed E-state index contributed by atoms with van der Waals surface area (Å²) in [6.45, 7) is 13.8. The van der Waals surface area contributed by atoms with Crippen molar-refractivity contribution >= 4 is 12.1 Å². The van der Waals surface area contributed by atoms with E-state index in [1.54, 1.807) is 26.8 Å². The van der Waals surface area contributed by atoms with E-state index in [1.807, 2.05) is 0 Å². The highest BCUT2D eigenvalue weighted by molar-refractivity contribution is 5.71. The molecule has 0 aliphatic rings. The number of esters is 1. The fourth-order valence-corrected chi connectivity index (χ4v) is 1.23. The molecule has 0 N–H and O–H groups in total. The van der Waals surface area contributed by atoms with E-state index < -0.39 is 23.8 Å². The number of rotatable bonds is 6. The monoisotopic (exact) mass is 270 g/mol. The van der Waals surface area contributed by atoms with Crippen molar-refractivity contribution in [2.24, 2.45) is 0 Å². The second-order valence-corrected chi connectivity index (χ2v) is 5.11. The standard InChI is InChI=1S/C14H22O5/c1-7-8-11(18-13(16)17-10(2)3)9-12(15)19-14(4,5)6/h7,11H,1-2,8-9H2,3-6H3/t11-/m1/s1. The van der Waals surface area contributed by atoms with Crippen LogP contribution in [0.4, 0.5) is 4.79 Å². The predicted octanol–water partition coefficient (Wildman–Crippen LogP) is 3.35. The molecule has 5 heteroatoms. The van der Waals surface area contributed by atoms with Crippen molar-refractivity contribution in [3.8, 4) is 0 Å². The lowest BCUT2D eigenvalue weighted by Gasteiger charge is -2.21. The van der Waals surface area contributed by atoms with Crippen LogP contribution in [0.1, 0.15) is 40.5 Å². The lowest BCUT2D eigenvalue weighted by atomic mass is 10.1. The Morgan fingerprint density at radius 3 is 2.32 bits per heavy atom. The third-order valence-corrected chi connectivity index (χ3v) is 1.76. The number of allylic oxidation sites excluding steroid dienone is 1. The fourth-order valence-electron chi connectivity index (χ4n) is 1.23. The summed E-state index contributed by atoms with van der Waals surface area (Å²) in [5.41, 5.74) is -0.575. The van der Waals surface area contributed by atoms with E-state index in [9.17, 15) is 9.59 Å². The van der Waals surface area contributed by atoms with Gasteiger partial charge in [0.1, 0.15) is 17.5 Å². The zero-order valence-corrected chi connectivity index (χ0v) is 12.0. The maximum Gasteiger partial charge on any atom is 0.513 e. The molecule has 0 rings (SSSR count). The van der Waals surface area contributed by atoms with Gasteiger partial charge in [-0.1, -0.05) is 12.7 Å². The van der Waals surface area contributed by atoms with E-state index in [2.05, 4.69) is 17.9 Å². The first kappa shape index (κ1) is 17.2. The van der Waals surface area contributed by atoms with Crippen LogP contribution in [-0.4, -0.2) is 23.8 Å². The summed E-state index contributed by atoms with van der Waals surface area (Å²) >= 11 is 0. The first-order valence-corrected chi connectivity index (χ1v) is 6.00. The summed E-state index contributed by atoms with van der Waals surface area (Å²) in [7, 11) is 0. The summed E-state index contributed by atoms with van der Waals surface area (Å²) < 4.78 is 14.8. The van der Waals surface area contributed by atoms with Crippen LogP contribution >= 0.6 is 0 Å². The van der Waals surface area contributed by atoms with Crippen LogP contribution in [0, 0.1) is 0 Å². The third-order valence-electron chi connectivity index (χ3n) is 1.76. The second-order valence-electron chi connectivity index (χ2n) is 5.11. The van der Waals surface area contributed by atoms with Gasteiger partial charge in [-0.2, -0.15) is 0 Å². The maximum atomic E-state index is 11.6. The van der Waals surface area contributed by atoms with Crippen molar-refractivity contribution in [2.45, 2.75) is 52.2 Å². The minimum Gasteiger partial charge on any atom is -0.460 e. The van der Waals surface area contributed by atoms with E-state index in [1.165, 1.54) is 6.92 Å². The summed E-state index contributed by atoms with van der Waals surface area (Å²) in [4.78, 5) is 23.0. The van der Waals surface area contributed by atoms with Gasteiger partial charge in [0.25, 0.3) is 0 Å². The zero-order chi connectivity index (χ0) is 15.1. The Morgan fingerprint density at radius 1 is 1.32 bits per heavy atom. The number of ether oxygens (including phenoxy) is 3. The molecule has 0 unspecified atom stereocenters. The van der Waals surface area contributed by atoms with Crippen LogP contribution in [0.2, 0.25) is 0 Å². The van der Waals surface area contributed by atoms with Crippen molar-refractivity contribution < 1.29 is 23.8 Å². The first-order valence-electron chi connectivity index (χ1n) is 6.00.